The monoisotopic (exact) mass is 496 g/mol. The van der Waals surface area contributed by atoms with Crippen molar-refractivity contribution in [1.29, 1.82) is 0 Å². The molecule has 2 amide bonds. The molecule has 0 unspecified atom stereocenters. The molecule has 6 heteroatoms. The summed E-state index contributed by atoms with van der Waals surface area (Å²) in [7, 11) is 0. The van der Waals surface area contributed by atoms with Crippen LogP contribution < -0.4 is 5.32 Å². The minimum Gasteiger partial charge on any atom is -0.354 e. The van der Waals surface area contributed by atoms with Gasteiger partial charge in [0, 0.05) is 29.6 Å². The summed E-state index contributed by atoms with van der Waals surface area (Å²) in [6.45, 7) is 4.75. The van der Waals surface area contributed by atoms with Gasteiger partial charge in [0.15, 0.2) is 0 Å². The van der Waals surface area contributed by atoms with E-state index in [0.29, 0.717) is 23.0 Å². The molecule has 4 nitrogen and oxygen atoms in total. The summed E-state index contributed by atoms with van der Waals surface area (Å²) < 4.78 is 0. The SMILES string of the molecule is CCCNC(=O)[C@@H](Cc1ccccc1)N(Cc1ccc(Cl)cc1Cl)C(=O)Cc1cccc(C)c1. The number of hydrogen-bond acceptors (Lipinski definition) is 2. The maximum Gasteiger partial charge on any atom is 0.243 e. The highest BCUT2D eigenvalue weighted by molar-refractivity contribution is 6.35. The van der Waals surface area contributed by atoms with Crippen molar-refractivity contribution in [2.24, 2.45) is 0 Å². The Hall–Kier alpha value is -2.82. The van der Waals surface area contributed by atoms with Gasteiger partial charge in [0.25, 0.3) is 0 Å². The largest absolute Gasteiger partial charge is 0.354 e. The van der Waals surface area contributed by atoms with Crippen molar-refractivity contribution >= 4 is 35.0 Å². The predicted molar refractivity (Wildman–Crippen MR) is 139 cm³/mol. The van der Waals surface area contributed by atoms with E-state index in [0.717, 1.165) is 28.7 Å². The minimum atomic E-state index is -0.682. The lowest BCUT2D eigenvalue weighted by molar-refractivity contribution is -0.140. The smallest absolute Gasteiger partial charge is 0.243 e. The molecule has 0 saturated carbocycles. The zero-order chi connectivity index (χ0) is 24.5. The fourth-order valence-corrected chi connectivity index (χ4v) is 4.32. The van der Waals surface area contributed by atoms with E-state index in [4.69, 9.17) is 23.2 Å². The second-order valence-corrected chi connectivity index (χ2v) is 9.26. The van der Waals surface area contributed by atoms with Gasteiger partial charge < -0.3 is 10.2 Å². The van der Waals surface area contributed by atoms with E-state index in [-0.39, 0.29) is 24.8 Å². The maximum absolute atomic E-state index is 13.7. The minimum absolute atomic E-state index is 0.135. The van der Waals surface area contributed by atoms with Gasteiger partial charge >= 0.3 is 0 Å². The lowest BCUT2D eigenvalue weighted by Gasteiger charge is -2.32. The van der Waals surface area contributed by atoms with Gasteiger partial charge in [0.2, 0.25) is 11.8 Å². The van der Waals surface area contributed by atoms with Gasteiger partial charge in [-0.05, 0) is 42.2 Å². The van der Waals surface area contributed by atoms with Crippen LogP contribution in [-0.4, -0.2) is 29.3 Å². The van der Waals surface area contributed by atoms with Crippen molar-refractivity contribution in [2.75, 3.05) is 6.54 Å². The summed E-state index contributed by atoms with van der Waals surface area (Å²) in [5.41, 5.74) is 3.71. The molecule has 0 heterocycles. The van der Waals surface area contributed by atoms with E-state index in [1.54, 1.807) is 23.1 Å². The molecule has 34 heavy (non-hydrogen) atoms. The van der Waals surface area contributed by atoms with Crippen LogP contribution in [0.1, 0.15) is 35.6 Å². The van der Waals surface area contributed by atoms with Gasteiger partial charge in [-0.25, -0.2) is 0 Å². The summed E-state index contributed by atoms with van der Waals surface area (Å²) in [6, 6.07) is 22.1. The van der Waals surface area contributed by atoms with Gasteiger partial charge in [0.1, 0.15) is 6.04 Å². The van der Waals surface area contributed by atoms with Crippen molar-refractivity contribution in [3.63, 3.8) is 0 Å². The zero-order valence-corrected chi connectivity index (χ0v) is 21.1. The zero-order valence-electron chi connectivity index (χ0n) is 19.6. The number of carbonyl (C=O) groups is 2. The van der Waals surface area contributed by atoms with Crippen LogP contribution in [-0.2, 0) is 29.0 Å². The molecule has 0 radical (unpaired) electrons. The standard InChI is InChI=1S/C28H30Cl2N2O2/c1-3-14-31-28(34)26(16-21-9-5-4-6-10-21)32(19-23-12-13-24(29)18-25(23)30)27(33)17-22-11-7-8-20(2)15-22/h4-13,15,18,26H,3,14,16-17,19H2,1-2H3,(H,31,34)/t26-/m1/s1. The Bertz CT molecular complexity index is 1120. The van der Waals surface area contributed by atoms with E-state index in [2.05, 4.69) is 5.32 Å². The summed E-state index contributed by atoms with van der Waals surface area (Å²) in [5.74, 6) is -0.308. The fourth-order valence-electron chi connectivity index (χ4n) is 3.85. The summed E-state index contributed by atoms with van der Waals surface area (Å²) in [4.78, 5) is 28.7. The number of benzene rings is 3. The van der Waals surface area contributed by atoms with E-state index in [9.17, 15) is 9.59 Å². The van der Waals surface area contributed by atoms with Crippen molar-refractivity contribution < 1.29 is 9.59 Å². The third-order valence-electron chi connectivity index (χ3n) is 5.61. The fraction of sp³-hybridized carbons (Fsp3) is 0.286. The van der Waals surface area contributed by atoms with Crippen LogP contribution in [0.25, 0.3) is 0 Å². The highest BCUT2D eigenvalue weighted by Crippen LogP contribution is 2.24. The Morgan fingerprint density at radius 2 is 1.68 bits per heavy atom. The van der Waals surface area contributed by atoms with E-state index in [1.165, 1.54) is 0 Å². The second kappa shape index (κ2) is 12.6. The molecule has 0 saturated heterocycles. The Morgan fingerprint density at radius 1 is 0.941 bits per heavy atom. The quantitative estimate of drug-likeness (QED) is 0.373. The molecular formula is C28H30Cl2N2O2. The van der Waals surface area contributed by atoms with Crippen LogP contribution in [0.3, 0.4) is 0 Å². The molecule has 0 aliphatic carbocycles. The number of carbonyl (C=O) groups excluding carboxylic acids is 2. The molecule has 0 aliphatic rings. The number of hydrogen-bond donors (Lipinski definition) is 1. The normalized spacial score (nSPS) is 11.6. The first-order valence-electron chi connectivity index (χ1n) is 11.5. The number of nitrogens with zero attached hydrogens (tertiary/aromatic N) is 1. The van der Waals surface area contributed by atoms with Crippen LogP contribution in [0.2, 0.25) is 10.0 Å². The molecule has 0 bridgehead atoms. The first-order valence-corrected chi connectivity index (χ1v) is 12.2. The third-order valence-corrected chi connectivity index (χ3v) is 6.20. The molecule has 0 fully saturated rings. The number of amides is 2. The Kier molecular flexibility index (Phi) is 9.55. The first-order chi connectivity index (χ1) is 16.4. The van der Waals surface area contributed by atoms with Crippen LogP contribution in [0.4, 0.5) is 0 Å². The van der Waals surface area contributed by atoms with E-state index in [1.807, 2.05) is 68.4 Å². The van der Waals surface area contributed by atoms with Gasteiger partial charge in [-0.1, -0.05) is 96.4 Å². The van der Waals surface area contributed by atoms with Gasteiger partial charge in [-0.2, -0.15) is 0 Å². The summed E-state index contributed by atoms with van der Waals surface area (Å²) >= 11 is 12.6. The lowest BCUT2D eigenvalue weighted by Crippen LogP contribution is -2.51. The first kappa shape index (κ1) is 25.8. The van der Waals surface area contributed by atoms with Crippen LogP contribution in [0.5, 0.6) is 0 Å². The molecule has 0 spiro atoms. The van der Waals surface area contributed by atoms with E-state index < -0.39 is 6.04 Å². The molecule has 1 atom stereocenters. The van der Waals surface area contributed by atoms with Gasteiger partial charge in [-0.15, -0.1) is 0 Å². The third kappa shape index (κ3) is 7.34. The van der Waals surface area contributed by atoms with Crippen LogP contribution in [0, 0.1) is 6.92 Å². The lowest BCUT2D eigenvalue weighted by atomic mass is 10.0. The Morgan fingerprint density at radius 3 is 2.35 bits per heavy atom. The van der Waals surface area contributed by atoms with Crippen molar-refractivity contribution in [1.82, 2.24) is 10.2 Å². The molecule has 0 aliphatic heterocycles. The van der Waals surface area contributed by atoms with Crippen molar-refractivity contribution in [3.8, 4) is 0 Å². The molecule has 1 N–H and O–H groups in total. The number of halogens is 2. The average molecular weight is 497 g/mol. The predicted octanol–water partition coefficient (Wildman–Crippen LogP) is 6.01. The molecular weight excluding hydrogens is 467 g/mol. The van der Waals surface area contributed by atoms with Crippen molar-refractivity contribution in [2.45, 2.75) is 45.7 Å². The second-order valence-electron chi connectivity index (χ2n) is 8.42. The number of rotatable bonds is 10. The Labute approximate surface area is 211 Å². The highest BCUT2D eigenvalue weighted by atomic mass is 35.5. The highest BCUT2D eigenvalue weighted by Gasteiger charge is 2.30. The molecule has 0 aromatic heterocycles. The topological polar surface area (TPSA) is 49.4 Å². The summed E-state index contributed by atoms with van der Waals surface area (Å²) in [6.07, 6.45) is 1.41. The van der Waals surface area contributed by atoms with Crippen LogP contribution >= 0.6 is 23.2 Å². The molecule has 3 rings (SSSR count). The molecule has 3 aromatic carbocycles. The summed E-state index contributed by atoms with van der Waals surface area (Å²) in [5, 5.41) is 3.97. The van der Waals surface area contributed by atoms with Gasteiger partial charge in [-0.3, -0.25) is 9.59 Å². The number of aryl methyl sites for hydroxylation is 1. The van der Waals surface area contributed by atoms with E-state index >= 15 is 0 Å². The maximum atomic E-state index is 13.7. The number of nitrogens with one attached hydrogen (secondary N) is 1. The van der Waals surface area contributed by atoms with Crippen molar-refractivity contribution in [3.05, 3.63) is 105 Å². The van der Waals surface area contributed by atoms with Crippen LogP contribution in [0.15, 0.2) is 72.8 Å². The molecule has 178 valence electrons. The Balaban J connectivity index is 1.98. The average Bonchev–Trinajstić information content (AvgIpc) is 2.81. The van der Waals surface area contributed by atoms with Gasteiger partial charge in [0.05, 0.1) is 6.42 Å². The molecule has 3 aromatic rings.